The molecule has 1 N–H and O–H groups in total. The average Bonchev–Trinajstić information content (AvgIpc) is 3.26. The van der Waals surface area contributed by atoms with E-state index >= 15 is 0 Å². The number of esters is 1. The number of piperidine rings is 1. The highest BCUT2D eigenvalue weighted by atomic mass is 79.9. The molecule has 0 saturated carbocycles. The second-order valence-corrected chi connectivity index (χ2v) is 9.73. The number of benzene rings is 1. The molecule has 0 radical (unpaired) electrons. The van der Waals surface area contributed by atoms with Gasteiger partial charge in [-0.15, -0.1) is 0 Å². The van der Waals surface area contributed by atoms with E-state index in [1.165, 1.54) is 23.5 Å². The number of ether oxygens (including phenoxy) is 1. The number of nitrogens with one attached hydrogen (secondary N) is 1. The molecule has 0 bridgehead atoms. The summed E-state index contributed by atoms with van der Waals surface area (Å²) in [6.07, 6.45) is 2.52. The van der Waals surface area contributed by atoms with Gasteiger partial charge in [-0.2, -0.15) is 4.31 Å². The van der Waals surface area contributed by atoms with Gasteiger partial charge >= 0.3 is 5.97 Å². The summed E-state index contributed by atoms with van der Waals surface area (Å²) >= 11 is 3.35. The fourth-order valence-corrected chi connectivity index (χ4v) is 4.93. The Bertz CT molecular complexity index is 997. The standard InChI is InChI=1S/C20H23BrN2O6S/c1-28-18(24)13-16(14-5-7-15(21)8-6-14)22-20(25)17-9-10-19(29-17)30(26,27)23-11-3-2-4-12-23/h5-10,16H,2-4,11-13H2,1H3,(H,22,25). The number of hydrogen-bond donors (Lipinski definition) is 1. The zero-order valence-corrected chi connectivity index (χ0v) is 18.9. The number of carbonyl (C=O) groups excluding carboxylic acids is 2. The Hall–Kier alpha value is -2.17. The lowest BCUT2D eigenvalue weighted by atomic mass is 10.0. The van der Waals surface area contributed by atoms with Crippen molar-refractivity contribution in [1.82, 2.24) is 9.62 Å². The van der Waals surface area contributed by atoms with Gasteiger partial charge in [0.05, 0.1) is 19.6 Å². The molecule has 2 heterocycles. The first-order valence-corrected chi connectivity index (χ1v) is 11.8. The zero-order chi connectivity index (χ0) is 21.7. The van der Waals surface area contributed by atoms with Crippen LogP contribution in [0.5, 0.6) is 0 Å². The van der Waals surface area contributed by atoms with Crippen LogP contribution in [0.2, 0.25) is 0 Å². The molecule has 1 fully saturated rings. The van der Waals surface area contributed by atoms with Crippen LogP contribution < -0.4 is 5.32 Å². The summed E-state index contributed by atoms with van der Waals surface area (Å²) in [7, 11) is -2.50. The molecule has 1 atom stereocenters. The fourth-order valence-electron chi connectivity index (χ4n) is 3.24. The monoisotopic (exact) mass is 498 g/mol. The lowest BCUT2D eigenvalue weighted by Gasteiger charge is -2.24. The van der Waals surface area contributed by atoms with Crippen LogP contribution in [-0.2, 0) is 19.6 Å². The Kier molecular flexibility index (Phi) is 7.32. The van der Waals surface area contributed by atoms with Gasteiger partial charge in [-0.3, -0.25) is 9.59 Å². The quantitative estimate of drug-likeness (QED) is 0.587. The normalized spacial score (nSPS) is 16.1. The highest BCUT2D eigenvalue weighted by Gasteiger charge is 2.30. The average molecular weight is 499 g/mol. The third kappa shape index (κ3) is 5.30. The van der Waals surface area contributed by atoms with Crippen LogP contribution in [0.25, 0.3) is 0 Å². The Morgan fingerprint density at radius 3 is 2.43 bits per heavy atom. The minimum atomic E-state index is -3.78. The van der Waals surface area contributed by atoms with Gasteiger partial charge < -0.3 is 14.5 Å². The molecule has 1 aromatic heterocycles. The number of amides is 1. The van der Waals surface area contributed by atoms with Crippen molar-refractivity contribution in [2.24, 2.45) is 0 Å². The van der Waals surface area contributed by atoms with E-state index in [9.17, 15) is 18.0 Å². The fraction of sp³-hybridized carbons (Fsp3) is 0.400. The maximum Gasteiger partial charge on any atom is 0.307 e. The Balaban J connectivity index is 1.77. The zero-order valence-electron chi connectivity index (χ0n) is 16.5. The molecule has 2 aromatic rings. The molecule has 8 nitrogen and oxygen atoms in total. The molecule has 1 aliphatic rings. The summed E-state index contributed by atoms with van der Waals surface area (Å²) in [6.45, 7) is 0.880. The molecule has 30 heavy (non-hydrogen) atoms. The van der Waals surface area contributed by atoms with Crippen molar-refractivity contribution in [2.45, 2.75) is 36.8 Å². The minimum Gasteiger partial charge on any atom is -0.469 e. The first kappa shape index (κ1) is 22.5. The van der Waals surface area contributed by atoms with Crippen molar-refractivity contribution in [3.8, 4) is 0 Å². The number of hydrogen-bond acceptors (Lipinski definition) is 6. The van der Waals surface area contributed by atoms with Crippen LogP contribution in [0.3, 0.4) is 0 Å². The third-order valence-electron chi connectivity index (χ3n) is 4.89. The molecule has 1 amide bonds. The van der Waals surface area contributed by atoms with Gasteiger partial charge in [-0.1, -0.05) is 34.5 Å². The van der Waals surface area contributed by atoms with E-state index < -0.39 is 27.9 Å². The van der Waals surface area contributed by atoms with Crippen LogP contribution in [0.1, 0.15) is 47.8 Å². The number of methoxy groups -OCH3 is 1. The van der Waals surface area contributed by atoms with Crippen molar-refractivity contribution in [1.29, 1.82) is 0 Å². The van der Waals surface area contributed by atoms with Crippen molar-refractivity contribution >= 4 is 37.8 Å². The number of nitrogens with zero attached hydrogens (tertiary/aromatic N) is 1. The van der Waals surface area contributed by atoms with Crippen molar-refractivity contribution < 1.29 is 27.2 Å². The first-order chi connectivity index (χ1) is 14.3. The molecular weight excluding hydrogens is 476 g/mol. The van der Waals surface area contributed by atoms with Gasteiger partial charge in [0.1, 0.15) is 0 Å². The molecule has 10 heteroatoms. The van der Waals surface area contributed by atoms with Gasteiger partial charge in [0.25, 0.3) is 15.9 Å². The second-order valence-electron chi connectivity index (χ2n) is 6.94. The Morgan fingerprint density at radius 1 is 1.13 bits per heavy atom. The maximum absolute atomic E-state index is 12.7. The van der Waals surface area contributed by atoms with Crippen LogP contribution in [0.15, 0.2) is 50.4 Å². The summed E-state index contributed by atoms with van der Waals surface area (Å²) in [5.41, 5.74) is 0.699. The van der Waals surface area contributed by atoms with E-state index in [0.29, 0.717) is 18.7 Å². The predicted octanol–water partition coefficient (Wildman–Crippen LogP) is 3.25. The summed E-state index contributed by atoms with van der Waals surface area (Å²) in [5, 5.41) is 2.46. The minimum absolute atomic E-state index is 0.0798. The van der Waals surface area contributed by atoms with Gasteiger partial charge in [0.2, 0.25) is 5.09 Å². The predicted molar refractivity (Wildman–Crippen MR) is 112 cm³/mol. The van der Waals surface area contributed by atoms with Crippen LogP contribution in [0, 0.1) is 0 Å². The molecule has 3 rings (SSSR count). The van der Waals surface area contributed by atoms with Crippen LogP contribution in [-0.4, -0.2) is 44.8 Å². The smallest absolute Gasteiger partial charge is 0.307 e. The van der Waals surface area contributed by atoms with Gasteiger partial charge in [-0.05, 0) is 42.7 Å². The van der Waals surface area contributed by atoms with E-state index in [0.717, 1.165) is 23.7 Å². The SMILES string of the molecule is COC(=O)CC(NC(=O)c1ccc(S(=O)(=O)N2CCCCC2)o1)c1ccc(Br)cc1. The van der Waals surface area contributed by atoms with Crippen molar-refractivity contribution in [2.75, 3.05) is 20.2 Å². The third-order valence-corrected chi connectivity index (χ3v) is 7.19. The van der Waals surface area contributed by atoms with Crippen molar-refractivity contribution in [3.63, 3.8) is 0 Å². The number of sulfonamides is 1. The largest absolute Gasteiger partial charge is 0.469 e. The summed E-state index contributed by atoms with van der Waals surface area (Å²) < 4.78 is 37.8. The summed E-state index contributed by atoms with van der Waals surface area (Å²) in [5.74, 6) is -1.25. The number of furan rings is 1. The topological polar surface area (TPSA) is 106 Å². The molecule has 1 aromatic carbocycles. The Morgan fingerprint density at radius 2 is 1.80 bits per heavy atom. The van der Waals surface area contributed by atoms with Crippen LogP contribution >= 0.6 is 15.9 Å². The lowest BCUT2D eigenvalue weighted by Crippen LogP contribution is -2.35. The lowest BCUT2D eigenvalue weighted by molar-refractivity contribution is -0.141. The van der Waals surface area contributed by atoms with E-state index in [1.807, 2.05) is 0 Å². The highest BCUT2D eigenvalue weighted by molar-refractivity contribution is 9.10. The molecule has 1 unspecified atom stereocenters. The number of rotatable bonds is 7. The number of carbonyl (C=O) groups is 2. The van der Waals surface area contributed by atoms with Gasteiger partial charge in [0.15, 0.2) is 5.76 Å². The molecule has 1 saturated heterocycles. The second kappa shape index (κ2) is 9.76. The molecular formula is C20H23BrN2O6S. The molecule has 1 aliphatic heterocycles. The summed E-state index contributed by atoms with van der Waals surface area (Å²) in [6, 6.07) is 9.07. The van der Waals surface area contributed by atoms with Crippen LogP contribution in [0.4, 0.5) is 0 Å². The van der Waals surface area contributed by atoms with Gasteiger partial charge in [0, 0.05) is 17.6 Å². The maximum atomic E-state index is 12.7. The van der Waals surface area contributed by atoms with Gasteiger partial charge in [-0.25, -0.2) is 8.42 Å². The molecule has 0 aliphatic carbocycles. The van der Waals surface area contributed by atoms with E-state index in [-0.39, 0.29) is 17.3 Å². The summed E-state index contributed by atoms with van der Waals surface area (Å²) in [4.78, 5) is 24.5. The Labute approximate surface area is 183 Å². The first-order valence-electron chi connectivity index (χ1n) is 9.54. The highest BCUT2D eigenvalue weighted by Crippen LogP contribution is 2.24. The number of halogens is 1. The van der Waals surface area contributed by atoms with E-state index in [1.54, 1.807) is 24.3 Å². The molecule has 0 spiro atoms. The van der Waals surface area contributed by atoms with Crippen molar-refractivity contribution in [3.05, 3.63) is 52.2 Å². The molecule has 162 valence electrons. The van der Waals surface area contributed by atoms with E-state index in [2.05, 4.69) is 21.2 Å². The van der Waals surface area contributed by atoms with E-state index in [4.69, 9.17) is 9.15 Å².